The molecule has 1 saturated heterocycles. The van der Waals surface area contributed by atoms with E-state index in [2.05, 4.69) is 44.8 Å². The summed E-state index contributed by atoms with van der Waals surface area (Å²) in [4.78, 5) is 2.65. The van der Waals surface area contributed by atoms with Crippen LogP contribution >= 0.6 is 0 Å². The zero-order valence-electron chi connectivity index (χ0n) is 11.8. The summed E-state index contributed by atoms with van der Waals surface area (Å²) in [6, 6.07) is 0.652. The van der Waals surface area contributed by atoms with E-state index in [1.807, 2.05) is 0 Å². The summed E-state index contributed by atoms with van der Waals surface area (Å²) in [7, 11) is 0. The van der Waals surface area contributed by atoms with E-state index in [-0.39, 0.29) is 0 Å². The number of rotatable bonds is 5. The van der Waals surface area contributed by atoms with Crippen LogP contribution in [0.25, 0.3) is 0 Å². The Hall–Kier alpha value is -0.0800. The second-order valence-corrected chi connectivity index (χ2v) is 6.41. The van der Waals surface area contributed by atoms with Gasteiger partial charge in [-0.25, -0.2) is 0 Å². The molecule has 1 aliphatic heterocycles. The maximum absolute atomic E-state index is 3.62. The van der Waals surface area contributed by atoms with Crippen molar-refractivity contribution in [2.75, 3.05) is 26.2 Å². The minimum absolute atomic E-state index is 0.520. The third-order valence-electron chi connectivity index (χ3n) is 3.71. The average molecular weight is 226 g/mol. The largest absolute Gasteiger partial charge is 0.313 e. The van der Waals surface area contributed by atoms with E-state index >= 15 is 0 Å². The first-order valence-corrected chi connectivity index (χ1v) is 6.90. The fourth-order valence-electron chi connectivity index (χ4n) is 2.75. The van der Waals surface area contributed by atoms with Crippen molar-refractivity contribution in [3.8, 4) is 0 Å². The monoisotopic (exact) mass is 226 g/mol. The molecule has 0 saturated carbocycles. The maximum atomic E-state index is 3.62. The Kier molecular flexibility index (Phi) is 5.26. The van der Waals surface area contributed by atoms with E-state index in [1.54, 1.807) is 0 Å². The van der Waals surface area contributed by atoms with E-state index in [0.29, 0.717) is 11.5 Å². The van der Waals surface area contributed by atoms with Gasteiger partial charge in [0.25, 0.3) is 0 Å². The molecule has 1 atom stereocenters. The highest BCUT2D eigenvalue weighted by Crippen LogP contribution is 2.28. The molecule has 0 aromatic heterocycles. The SMILES string of the molecule is CCNC(CN1CCCC(C)(C)C1)C(C)C. The highest BCUT2D eigenvalue weighted by Gasteiger charge is 2.27. The van der Waals surface area contributed by atoms with E-state index in [9.17, 15) is 0 Å². The predicted octanol–water partition coefficient (Wildman–Crippen LogP) is 2.74. The van der Waals surface area contributed by atoms with Gasteiger partial charge in [0, 0.05) is 19.1 Å². The molecular formula is C14H30N2. The van der Waals surface area contributed by atoms with Gasteiger partial charge in [0.2, 0.25) is 0 Å². The third-order valence-corrected chi connectivity index (χ3v) is 3.71. The van der Waals surface area contributed by atoms with E-state index in [1.165, 1.54) is 32.5 Å². The third kappa shape index (κ3) is 4.42. The van der Waals surface area contributed by atoms with Crippen molar-refractivity contribution >= 4 is 0 Å². The number of hydrogen-bond donors (Lipinski definition) is 1. The molecule has 1 fully saturated rings. The van der Waals surface area contributed by atoms with Crippen LogP contribution in [0.2, 0.25) is 0 Å². The average Bonchev–Trinajstić information content (AvgIpc) is 2.15. The van der Waals surface area contributed by atoms with Gasteiger partial charge in [-0.2, -0.15) is 0 Å². The van der Waals surface area contributed by atoms with Crippen molar-refractivity contribution in [2.24, 2.45) is 11.3 Å². The lowest BCUT2D eigenvalue weighted by molar-refractivity contribution is 0.101. The lowest BCUT2D eigenvalue weighted by atomic mass is 9.84. The van der Waals surface area contributed by atoms with E-state index in [4.69, 9.17) is 0 Å². The summed E-state index contributed by atoms with van der Waals surface area (Å²) in [5.74, 6) is 0.727. The molecule has 16 heavy (non-hydrogen) atoms. The fourth-order valence-corrected chi connectivity index (χ4v) is 2.75. The number of piperidine rings is 1. The second-order valence-electron chi connectivity index (χ2n) is 6.41. The van der Waals surface area contributed by atoms with Crippen molar-refractivity contribution < 1.29 is 0 Å². The van der Waals surface area contributed by atoms with Crippen LogP contribution < -0.4 is 5.32 Å². The molecule has 0 spiro atoms. The molecule has 2 nitrogen and oxygen atoms in total. The summed E-state index contributed by atoms with van der Waals surface area (Å²) < 4.78 is 0. The predicted molar refractivity (Wildman–Crippen MR) is 71.8 cm³/mol. The first-order valence-electron chi connectivity index (χ1n) is 6.90. The number of nitrogens with zero attached hydrogens (tertiary/aromatic N) is 1. The van der Waals surface area contributed by atoms with Crippen LogP contribution in [0, 0.1) is 11.3 Å². The molecule has 96 valence electrons. The Morgan fingerprint density at radius 1 is 1.31 bits per heavy atom. The molecular weight excluding hydrogens is 196 g/mol. The normalized spacial score (nSPS) is 23.6. The highest BCUT2D eigenvalue weighted by atomic mass is 15.2. The summed E-state index contributed by atoms with van der Waals surface area (Å²) in [6.45, 7) is 16.5. The van der Waals surface area contributed by atoms with Crippen molar-refractivity contribution in [2.45, 2.75) is 53.5 Å². The van der Waals surface area contributed by atoms with Crippen molar-refractivity contribution in [3.05, 3.63) is 0 Å². The van der Waals surface area contributed by atoms with Crippen LogP contribution in [0.3, 0.4) is 0 Å². The van der Waals surface area contributed by atoms with Crippen molar-refractivity contribution in [3.63, 3.8) is 0 Å². The molecule has 2 heteroatoms. The Labute approximate surface area is 102 Å². The zero-order valence-corrected chi connectivity index (χ0v) is 11.8. The van der Waals surface area contributed by atoms with Gasteiger partial charge in [0.15, 0.2) is 0 Å². The molecule has 0 aromatic carbocycles. The molecule has 0 aliphatic carbocycles. The van der Waals surface area contributed by atoms with E-state index in [0.717, 1.165) is 12.5 Å². The van der Waals surface area contributed by atoms with Gasteiger partial charge >= 0.3 is 0 Å². The van der Waals surface area contributed by atoms with Crippen LogP contribution in [0.1, 0.15) is 47.5 Å². The second kappa shape index (κ2) is 6.02. The quantitative estimate of drug-likeness (QED) is 0.775. The molecule has 1 heterocycles. The number of hydrogen-bond acceptors (Lipinski definition) is 2. The highest BCUT2D eigenvalue weighted by molar-refractivity contribution is 4.83. The van der Waals surface area contributed by atoms with Gasteiger partial charge in [0.1, 0.15) is 0 Å². The van der Waals surface area contributed by atoms with Gasteiger partial charge in [0.05, 0.1) is 0 Å². The van der Waals surface area contributed by atoms with Crippen LogP contribution in [-0.2, 0) is 0 Å². The molecule has 1 rings (SSSR count). The van der Waals surface area contributed by atoms with Gasteiger partial charge in [-0.1, -0.05) is 34.6 Å². The summed E-state index contributed by atoms with van der Waals surface area (Å²) >= 11 is 0. The number of likely N-dealkylation sites (tertiary alicyclic amines) is 1. The zero-order chi connectivity index (χ0) is 12.2. The number of likely N-dealkylation sites (N-methyl/N-ethyl adjacent to an activating group) is 1. The molecule has 1 N–H and O–H groups in total. The molecule has 0 radical (unpaired) electrons. The smallest absolute Gasteiger partial charge is 0.0217 e. The van der Waals surface area contributed by atoms with Gasteiger partial charge in [-0.05, 0) is 37.3 Å². The Morgan fingerprint density at radius 3 is 2.50 bits per heavy atom. The van der Waals surface area contributed by atoms with Gasteiger partial charge < -0.3 is 10.2 Å². The molecule has 0 amide bonds. The molecule has 1 aliphatic rings. The fraction of sp³-hybridized carbons (Fsp3) is 1.00. The Balaban J connectivity index is 2.44. The van der Waals surface area contributed by atoms with Crippen molar-refractivity contribution in [1.82, 2.24) is 10.2 Å². The summed E-state index contributed by atoms with van der Waals surface area (Å²) in [6.07, 6.45) is 2.75. The minimum Gasteiger partial charge on any atom is -0.313 e. The summed E-state index contributed by atoms with van der Waals surface area (Å²) in [5.41, 5.74) is 0.520. The first-order chi connectivity index (χ1) is 7.44. The van der Waals surface area contributed by atoms with Crippen LogP contribution in [0.5, 0.6) is 0 Å². The van der Waals surface area contributed by atoms with Crippen LogP contribution in [0.15, 0.2) is 0 Å². The lowest BCUT2D eigenvalue weighted by Gasteiger charge is -2.40. The van der Waals surface area contributed by atoms with Crippen LogP contribution in [-0.4, -0.2) is 37.1 Å². The minimum atomic E-state index is 0.520. The maximum Gasteiger partial charge on any atom is 0.0217 e. The number of nitrogens with one attached hydrogen (secondary N) is 1. The van der Waals surface area contributed by atoms with Crippen molar-refractivity contribution in [1.29, 1.82) is 0 Å². The summed E-state index contributed by atoms with van der Waals surface area (Å²) in [5, 5.41) is 3.62. The van der Waals surface area contributed by atoms with Crippen LogP contribution in [0.4, 0.5) is 0 Å². The molecule has 0 bridgehead atoms. The molecule has 0 aromatic rings. The lowest BCUT2D eigenvalue weighted by Crippen LogP contribution is -2.49. The molecule has 1 unspecified atom stereocenters. The Morgan fingerprint density at radius 2 is 2.00 bits per heavy atom. The van der Waals surface area contributed by atoms with Gasteiger partial charge in [-0.3, -0.25) is 0 Å². The Bertz CT molecular complexity index is 199. The van der Waals surface area contributed by atoms with E-state index < -0.39 is 0 Å². The van der Waals surface area contributed by atoms with Gasteiger partial charge in [-0.15, -0.1) is 0 Å². The first kappa shape index (κ1) is 14.0. The topological polar surface area (TPSA) is 15.3 Å². The standard InChI is InChI=1S/C14H30N2/c1-6-15-13(12(2)3)10-16-9-7-8-14(4,5)11-16/h12-13,15H,6-11H2,1-5H3.